The van der Waals surface area contributed by atoms with Crippen LogP contribution in [0.2, 0.25) is 0 Å². The second-order valence-electron chi connectivity index (χ2n) is 3.58. The fourth-order valence-corrected chi connectivity index (χ4v) is 2.70. The fourth-order valence-electron chi connectivity index (χ4n) is 1.65. The highest BCUT2D eigenvalue weighted by Crippen LogP contribution is 2.21. The van der Waals surface area contributed by atoms with Crippen LogP contribution in [0.4, 0.5) is 11.5 Å². The van der Waals surface area contributed by atoms with Crippen molar-refractivity contribution in [1.29, 1.82) is 5.26 Å². The van der Waals surface area contributed by atoms with Crippen LogP contribution in [0.5, 0.6) is 0 Å². The number of nitrogens with two attached hydrogens (primary N) is 1. The Morgan fingerprint density at radius 3 is 2.75 bits per heavy atom. The largest absolute Gasteiger partial charge is 0.396 e. The van der Waals surface area contributed by atoms with Gasteiger partial charge in [-0.3, -0.25) is 4.21 Å². The summed E-state index contributed by atoms with van der Waals surface area (Å²) in [5, 5.41) is 8.70. The Kier molecular flexibility index (Phi) is 3.06. The zero-order valence-electron chi connectivity index (χ0n) is 8.72. The molecule has 2 N–H and O–H groups in total. The predicted octanol–water partition coefficient (Wildman–Crippen LogP) is 0.104. The summed E-state index contributed by atoms with van der Waals surface area (Å²) in [5.41, 5.74) is 6.80. The van der Waals surface area contributed by atoms with Gasteiger partial charge in [0.2, 0.25) is 0 Å². The quantitative estimate of drug-likeness (QED) is 0.748. The van der Waals surface area contributed by atoms with E-state index in [1.807, 2.05) is 11.0 Å². The molecule has 16 heavy (non-hydrogen) atoms. The van der Waals surface area contributed by atoms with Gasteiger partial charge in [-0.2, -0.15) is 5.26 Å². The van der Waals surface area contributed by atoms with Crippen LogP contribution in [0.3, 0.4) is 0 Å². The van der Waals surface area contributed by atoms with Crippen molar-refractivity contribution >= 4 is 22.3 Å². The molecular weight excluding hydrogens is 224 g/mol. The first-order chi connectivity index (χ1) is 7.70. The zero-order chi connectivity index (χ0) is 11.5. The Bertz CT molecular complexity index is 458. The summed E-state index contributed by atoms with van der Waals surface area (Å²) < 4.78 is 11.2. The molecule has 1 saturated heterocycles. The first-order valence-corrected chi connectivity index (χ1v) is 6.45. The molecule has 0 unspecified atom stereocenters. The molecule has 0 bridgehead atoms. The topological polar surface area (TPSA) is 83.0 Å². The van der Waals surface area contributed by atoms with Gasteiger partial charge in [-0.15, -0.1) is 0 Å². The Hall–Kier alpha value is -1.61. The third-order valence-electron chi connectivity index (χ3n) is 2.50. The minimum absolute atomic E-state index is 0.460. The third kappa shape index (κ3) is 2.14. The van der Waals surface area contributed by atoms with E-state index in [1.165, 1.54) is 6.20 Å². The molecule has 0 radical (unpaired) electrons. The number of rotatable bonds is 1. The molecular formula is C10H12N4OS. The number of pyridine rings is 1. The van der Waals surface area contributed by atoms with E-state index in [1.54, 1.807) is 6.07 Å². The van der Waals surface area contributed by atoms with Crippen LogP contribution < -0.4 is 10.6 Å². The van der Waals surface area contributed by atoms with Gasteiger partial charge in [0.05, 0.1) is 11.3 Å². The molecule has 0 atom stereocenters. The van der Waals surface area contributed by atoms with Gasteiger partial charge in [-0.25, -0.2) is 4.98 Å². The van der Waals surface area contributed by atoms with Gasteiger partial charge in [0.25, 0.3) is 0 Å². The zero-order valence-corrected chi connectivity index (χ0v) is 9.54. The van der Waals surface area contributed by atoms with Crippen molar-refractivity contribution in [3.8, 4) is 6.07 Å². The summed E-state index contributed by atoms with van der Waals surface area (Å²) >= 11 is 0. The molecule has 0 aromatic carbocycles. The van der Waals surface area contributed by atoms with Gasteiger partial charge in [-0.05, 0) is 6.07 Å². The number of hydrogen-bond acceptors (Lipinski definition) is 5. The molecule has 0 amide bonds. The molecule has 2 heterocycles. The second kappa shape index (κ2) is 4.49. The van der Waals surface area contributed by atoms with Crippen LogP contribution in [0.1, 0.15) is 5.56 Å². The number of nitrogens with zero attached hydrogens (tertiary/aromatic N) is 3. The molecule has 1 aromatic heterocycles. The Morgan fingerprint density at radius 1 is 1.50 bits per heavy atom. The van der Waals surface area contributed by atoms with Gasteiger partial charge >= 0.3 is 0 Å². The van der Waals surface area contributed by atoms with E-state index in [4.69, 9.17) is 11.0 Å². The highest BCUT2D eigenvalue weighted by molar-refractivity contribution is 7.85. The number of aromatic nitrogens is 1. The van der Waals surface area contributed by atoms with Crippen molar-refractivity contribution in [1.82, 2.24) is 4.98 Å². The second-order valence-corrected chi connectivity index (χ2v) is 5.28. The maximum Gasteiger partial charge on any atom is 0.151 e. The monoisotopic (exact) mass is 236 g/mol. The summed E-state index contributed by atoms with van der Waals surface area (Å²) in [4.78, 5) is 6.19. The average molecular weight is 236 g/mol. The smallest absolute Gasteiger partial charge is 0.151 e. The van der Waals surface area contributed by atoms with Gasteiger partial charge in [0.15, 0.2) is 5.82 Å². The van der Waals surface area contributed by atoms with Crippen molar-refractivity contribution in [2.45, 2.75) is 0 Å². The number of nitrogen functional groups attached to an aromatic ring is 1. The Morgan fingerprint density at radius 2 is 2.19 bits per heavy atom. The van der Waals surface area contributed by atoms with Crippen LogP contribution >= 0.6 is 0 Å². The number of anilines is 2. The average Bonchev–Trinajstić information content (AvgIpc) is 2.30. The molecule has 1 aliphatic heterocycles. The summed E-state index contributed by atoms with van der Waals surface area (Å²) in [5.74, 6) is 2.00. The van der Waals surface area contributed by atoms with E-state index in [2.05, 4.69) is 4.98 Å². The van der Waals surface area contributed by atoms with E-state index in [9.17, 15) is 4.21 Å². The van der Waals surface area contributed by atoms with E-state index < -0.39 is 10.8 Å². The SMILES string of the molecule is N#Cc1cnc(N2CCS(=O)CC2)c(N)c1. The van der Waals surface area contributed by atoms with Gasteiger partial charge in [-0.1, -0.05) is 0 Å². The minimum atomic E-state index is -0.710. The molecule has 1 aliphatic rings. The number of hydrogen-bond donors (Lipinski definition) is 1. The van der Waals surface area contributed by atoms with E-state index in [-0.39, 0.29) is 0 Å². The molecule has 2 rings (SSSR count). The van der Waals surface area contributed by atoms with Crippen LogP contribution in [-0.4, -0.2) is 33.8 Å². The third-order valence-corrected chi connectivity index (χ3v) is 3.78. The summed E-state index contributed by atoms with van der Waals surface area (Å²) in [6.45, 7) is 1.41. The molecule has 0 saturated carbocycles. The summed E-state index contributed by atoms with van der Waals surface area (Å²) in [6.07, 6.45) is 1.51. The summed E-state index contributed by atoms with van der Waals surface area (Å²) in [6, 6.07) is 3.61. The van der Waals surface area contributed by atoms with Gasteiger partial charge in [0, 0.05) is 41.6 Å². The molecule has 0 spiro atoms. The Balaban J connectivity index is 2.21. The minimum Gasteiger partial charge on any atom is -0.396 e. The van der Waals surface area contributed by atoms with Crippen molar-refractivity contribution < 1.29 is 4.21 Å². The van der Waals surface area contributed by atoms with Crippen molar-refractivity contribution in [2.24, 2.45) is 0 Å². The van der Waals surface area contributed by atoms with Crippen molar-refractivity contribution in [3.05, 3.63) is 17.8 Å². The Labute approximate surface area is 96.3 Å². The van der Waals surface area contributed by atoms with E-state index in [0.29, 0.717) is 41.7 Å². The first kappa shape index (κ1) is 10.9. The summed E-state index contributed by atoms with van der Waals surface area (Å²) in [7, 11) is -0.710. The highest BCUT2D eigenvalue weighted by atomic mass is 32.2. The lowest BCUT2D eigenvalue weighted by Gasteiger charge is -2.28. The van der Waals surface area contributed by atoms with Gasteiger partial charge in [0.1, 0.15) is 6.07 Å². The van der Waals surface area contributed by atoms with E-state index >= 15 is 0 Å². The lowest BCUT2D eigenvalue weighted by Crippen LogP contribution is -2.38. The van der Waals surface area contributed by atoms with Crippen molar-refractivity contribution in [2.75, 3.05) is 35.2 Å². The maximum atomic E-state index is 11.2. The van der Waals surface area contributed by atoms with Crippen LogP contribution in [-0.2, 0) is 10.8 Å². The molecule has 1 aromatic rings. The van der Waals surface area contributed by atoms with E-state index in [0.717, 1.165) is 0 Å². The lowest BCUT2D eigenvalue weighted by atomic mass is 10.2. The molecule has 84 valence electrons. The number of nitriles is 1. The first-order valence-electron chi connectivity index (χ1n) is 4.96. The van der Waals surface area contributed by atoms with Crippen LogP contribution in [0, 0.1) is 11.3 Å². The lowest BCUT2D eigenvalue weighted by molar-refractivity contribution is 0.672. The van der Waals surface area contributed by atoms with Crippen LogP contribution in [0.15, 0.2) is 12.3 Å². The normalized spacial score (nSPS) is 17.1. The van der Waals surface area contributed by atoms with Crippen LogP contribution in [0.25, 0.3) is 0 Å². The molecule has 0 aliphatic carbocycles. The van der Waals surface area contributed by atoms with Crippen molar-refractivity contribution in [3.63, 3.8) is 0 Å². The molecule has 5 nitrogen and oxygen atoms in total. The maximum absolute atomic E-state index is 11.2. The molecule has 6 heteroatoms. The van der Waals surface area contributed by atoms with Gasteiger partial charge < -0.3 is 10.6 Å². The molecule has 1 fully saturated rings. The predicted molar refractivity (Wildman–Crippen MR) is 63.5 cm³/mol. The standard InChI is InChI=1S/C10H12N4OS/c11-6-8-5-9(12)10(13-7-8)14-1-3-16(15)4-2-14/h5,7H,1-4,12H2. The fraction of sp³-hybridized carbons (Fsp3) is 0.400. The highest BCUT2D eigenvalue weighted by Gasteiger charge is 2.18.